The molecule has 1 saturated heterocycles. The summed E-state index contributed by atoms with van der Waals surface area (Å²) in [6.07, 6.45) is 3.94. The van der Waals surface area contributed by atoms with E-state index in [2.05, 4.69) is 4.90 Å². The summed E-state index contributed by atoms with van der Waals surface area (Å²) < 4.78 is 11.5. The molecule has 1 aliphatic rings. The quantitative estimate of drug-likeness (QED) is 0.788. The van der Waals surface area contributed by atoms with Crippen LogP contribution in [0.4, 0.5) is 0 Å². The highest BCUT2D eigenvalue weighted by atomic mass is 16.5. The van der Waals surface area contributed by atoms with Crippen LogP contribution in [0.15, 0.2) is 22.6 Å². The third kappa shape index (κ3) is 3.17. The van der Waals surface area contributed by atoms with Crippen molar-refractivity contribution in [3.8, 4) is 5.75 Å². The van der Waals surface area contributed by atoms with Crippen molar-refractivity contribution in [3.05, 3.63) is 29.5 Å². The van der Waals surface area contributed by atoms with Crippen molar-refractivity contribution in [3.63, 3.8) is 0 Å². The Labute approximate surface area is 131 Å². The standard InChI is InChI=1S/C18H23NO3/c1-13(20)18-14(2)22-17-7-6-15(12-16(17)18)21-11-10-19-8-4-3-5-9-19/h6-7,12H,3-5,8-11H2,1-2H3. The number of benzene rings is 1. The minimum atomic E-state index is 0.0294. The fraction of sp³-hybridized carbons (Fsp3) is 0.500. The molecule has 1 aromatic carbocycles. The zero-order chi connectivity index (χ0) is 15.5. The molecule has 118 valence electrons. The number of ketones is 1. The van der Waals surface area contributed by atoms with Gasteiger partial charge in [0.25, 0.3) is 0 Å². The predicted molar refractivity (Wildman–Crippen MR) is 86.7 cm³/mol. The van der Waals surface area contributed by atoms with Crippen LogP contribution in [0.1, 0.15) is 42.3 Å². The van der Waals surface area contributed by atoms with Gasteiger partial charge >= 0.3 is 0 Å². The molecule has 4 nitrogen and oxygen atoms in total. The first-order valence-electron chi connectivity index (χ1n) is 8.04. The van der Waals surface area contributed by atoms with Gasteiger partial charge < -0.3 is 9.15 Å². The van der Waals surface area contributed by atoms with E-state index in [9.17, 15) is 4.79 Å². The lowest BCUT2D eigenvalue weighted by molar-refractivity contribution is 0.101. The number of carbonyl (C=O) groups is 1. The van der Waals surface area contributed by atoms with E-state index in [1.165, 1.54) is 32.4 Å². The van der Waals surface area contributed by atoms with Crippen LogP contribution in [0, 0.1) is 6.92 Å². The second-order valence-electron chi connectivity index (χ2n) is 6.00. The summed E-state index contributed by atoms with van der Waals surface area (Å²) in [5.74, 6) is 1.50. The number of carbonyl (C=O) groups excluding carboxylic acids is 1. The first-order chi connectivity index (χ1) is 10.6. The molecule has 22 heavy (non-hydrogen) atoms. The summed E-state index contributed by atoms with van der Waals surface area (Å²) >= 11 is 0. The number of fused-ring (bicyclic) bond motifs is 1. The lowest BCUT2D eigenvalue weighted by atomic mass is 10.1. The Bertz CT molecular complexity index is 668. The van der Waals surface area contributed by atoms with Gasteiger partial charge in [-0.15, -0.1) is 0 Å². The molecule has 0 spiro atoms. The van der Waals surface area contributed by atoms with E-state index in [1.54, 1.807) is 6.92 Å². The van der Waals surface area contributed by atoms with E-state index >= 15 is 0 Å². The average molecular weight is 301 g/mol. The largest absolute Gasteiger partial charge is 0.492 e. The molecule has 0 amide bonds. The fourth-order valence-corrected chi connectivity index (χ4v) is 3.20. The molecule has 0 unspecified atom stereocenters. The van der Waals surface area contributed by atoms with E-state index in [4.69, 9.17) is 9.15 Å². The van der Waals surface area contributed by atoms with Crippen molar-refractivity contribution in [2.45, 2.75) is 33.1 Å². The number of piperidine rings is 1. The maximum atomic E-state index is 11.8. The summed E-state index contributed by atoms with van der Waals surface area (Å²) in [5, 5.41) is 0.848. The van der Waals surface area contributed by atoms with E-state index in [1.807, 2.05) is 25.1 Å². The lowest BCUT2D eigenvalue weighted by Gasteiger charge is -2.26. The van der Waals surface area contributed by atoms with Gasteiger partial charge in [0, 0.05) is 11.9 Å². The molecule has 0 N–H and O–H groups in total. The minimum absolute atomic E-state index is 0.0294. The van der Waals surface area contributed by atoms with Crippen molar-refractivity contribution >= 4 is 16.8 Å². The summed E-state index contributed by atoms with van der Waals surface area (Å²) in [6.45, 7) is 7.39. The van der Waals surface area contributed by atoms with Crippen molar-refractivity contribution < 1.29 is 13.9 Å². The lowest BCUT2D eigenvalue weighted by Crippen LogP contribution is -2.33. The van der Waals surface area contributed by atoms with E-state index in [0.29, 0.717) is 17.9 Å². The fourth-order valence-electron chi connectivity index (χ4n) is 3.20. The van der Waals surface area contributed by atoms with Gasteiger partial charge in [0.05, 0.1) is 5.56 Å². The van der Waals surface area contributed by atoms with Gasteiger partial charge in [0.15, 0.2) is 5.78 Å². The third-order valence-electron chi connectivity index (χ3n) is 4.31. The maximum absolute atomic E-state index is 11.8. The number of furan rings is 1. The Balaban J connectivity index is 1.68. The van der Waals surface area contributed by atoms with Gasteiger partial charge in [-0.2, -0.15) is 0 Å². The highest BCUT2D eigenvalue weighted by molar-refractivity contribution is 6.07. The van der Waals surface area contributed by atoms with Gasteiger partial charge in [-0.25, -0.2) is 0 Å². The Morgan fingerprint density at radius 1 is 1.27 bits per heavy atom. The van der Waals surface area contributed by atoms with E-state index < -0.39 is 0 Å². The summed E-state index contributed by atoms with van der Waals surface area (Å²) in [6, 6.07) is 5.70. The molecule has 2 heterocycles. The molecule has 3 rings (SSSR count). The molecule has 0 atom stereocenters. The van der Waals surface area contributed by atoms with Crippen molar-refractivity contribution in [1.82, 2.24) is 4.90 Å². The van der Waals surface area contributed by atoms with Gasteiger partial charge in [-0.3, -0.25) is 9.69 Å². The van der Waals surface area contributed by atoms with Gasteiger partial charge in [-0.05, 0) is 58.0 Å². The molecular weight excluding hydrogens is 278 g/mol. The predicted octanol–water partition coefficient (Wildman–Crippen LogP) is 3.81. The Hall–Kier alpha value is -1.81. The number of Topliss-reactive ketones (excluding diaryl/α,β-unsaturated/α-hetero) is 1. The van der Waals surface area contributed by atoms with Crippen LogP contribution in [-0.4, -0.2) is 36.9 Å². The first-order valence-corrected chi connectivity index (χ1v) is 8.04. The monoisotopic (exact) mass is 301 g/mol. The smallest absolute Gasteiger partial charge is 0.163 e. The SMILES string of the molecule is CC(=O)c1c(C)oc2ccc(OCCN3CCCCC3)cc12. The third-order valence-corrected chi connectivity index (χ3v) is 4.31. The number of aryl methyl sites for hydroxylation is 1. The number of rotatable bonds is 5. The Morgan fingerprint density at radius 2 is 2.05 bits per heavy atom. The van der Waals surface area contributed by atoms with E-state index in [-0.39, 0.29) is 5.78 Å². The second kappa shape index (κ2) is 6.53. The van der Waals surface area contributed by atoms with Crippen LogP contribution >= 0.6 is 0 Å². The topological polar surface area (TPSA) is 42.7 Å². The summed E-state index contributed by atoms with van der Waals surface area (Å²) in [5.41, 5.74) is 1.41. The van der Waals surface area contributed by atoms with Gasteiger partial charge in [-0.1, -0.05) is 6.42 Å². The van der Waals surface area contributed by atoms with Crippen LogP contribution in [0.2, 0.25) is 0 Å². The van der Waals surface area contributed by atoms with Crippen LogP contribution in [0.5, 0.6) is 5.75 Å². The van der Waals surface area contributed by atoms with Crippen molar-refractivity contribution in [2.24, 2.45) is 0 Å². The Kier molecular flexibility index (Phi) is 4.48. The van der Waals surface area contributed by atoms with Crippen molar-refractivity contribution in [2.75, 3.05) is 26.2 Å². The zero-order valence-corrected chi connectivity index (χ0v) is 13.4. The van der Waals surface area contributed by atoms with Crippen LogP contribution in [0.25, 0.3) is 11.0 Å². The van der Waals surface area contributed by atoms with Crippen LogP contribution < -0.4 is 4.74 Å². The normalized spacial score (nSPS) is 16.1. The molecule has 0 aliphatic carbocycles. The molecule has 1 fully saturated rings. The maximum Gasteiger partial charge on any atom is 0.163 e. The summed E-state index contributed by atoms with van der Waals surface area (Å²) in [7, 11) is 0. The first kappa shape index (κ1) is 15.1. The zero-order valence-electron chi connectivity index (χ0n) is 13.4. The number of likely N-dealkylation sites (tertiary alicyclic amines) is 1. The number of nitrogens with zero attached hydrogens (tertiary/aromatic N) is 1. The second-order valence-corrected chi connectivity index (χ2v) is 6.00. The van der Waals surface area contributed by atoms with Gasteiger partial charge in [0.1, 0.15) is 23.7 Å². The van der Waals surface area contributed by atoms with Gasteiger partial charge in [0.2, 0.25) is 0 Å². The Morgan fingerprint density at radius 3 is 2.77 bits per heavy atom. The molecule has 2 aromatic rings. The highest BCUT2D eigenvalue weighted by Crippen LogP contribution is 2.29. The molecule has 0 bridgehead atoms. The number of hydrogen-bond donors (Lipinski definition) is 0. The molecule has 4 heteroatoms. The molecule has 1 aliphatic heterocycles. The molecule has 1 aromatic heterocycles. The molecular formula is C18H23NO3. The van der Waals surface area contributed by atoms with Crippen LogP contribution in [0.3, 0.4) is 0 Å². The number of ether oxygens (including phenoxy) is 1. The van der Waals surface area contributed by atoms with E-state index in [0.717, 1.165) is 23.3 Å². The van der Waals surface area contributed by atoms with Crippen LogP contribution in [-0.2, 0) is 0 Å². The average Bonchev–Trinajstić information content (AvgIpc) is 2.83. The number of hydrogen-bond acceptors (Lipinski definition) is 4. The summed E-state index contributed by atoms with van der Waals surface area (Å²) in [4.78, 5) is 14.2. The molecule has 0 saturated carbocycles. The minimum Gasteiger partial charge on any atom is -0.492 e. The van der Waals surface area contributed by atoms with Crippen molar-refractivity contribution in [1.29, 1.82) is 0 Å². The molecule has 0 radical (unpaired) electrons. The highest BCUT2D eigenvalue weighted by Gasteiger charge is 2.15.